The van der Waals surface area contributed by atoms with Crippen LogP contribution in [-0.4, -0.2) is 19.5 Å². The van der Waals surface area contributed by atoms with E-state index in [1.54, 1.807) is 24.3 Å². The fraction of sp³-hybridized carbons (Fsp3) is 0.133. The molecule has 0 fully saturated rings. The van der Waals surface area contributed by atoms with Crippen molar-refractivity contribution in [2.24, 2.45) is 0 Å². The first-order valence-corrected chi connectivity index (χ1v) is 5.59. The van der Waals surface area contributed by atoms with Crippen LogP contribution >= 0.6 is 0 Å². The molecule has 0 aromatic heterocycles. The Balaban J connectivity index is 2.22. The van der Waals surface area contributed by atoms with Crippen LogP contribution in [0.2, 0.25) is 0 Å². The lowest BCUT2D eigenvalue weighted by Gasteiger charge is -2.04. The Hall–Kier alpha value is -2.00. The lowest BCUT2D eigenvalue weighted by atomic mass is 10.0. The maximum absolute atomic E-state index is 12.8. The molecule has 2 rings (SSSR count). The predicted octanol–water partition coefficient (Wildman–Crippen LogP) is 3.32. The first kappa shape index (κ1) is 12.5. The minimum absolute atomic E-state index is 0.0526. The summed E-state index contributed by atoms with van der Waals surface area (Å²) in [6.07, 6.45) is 0. The second kappa shape index (κ2) is 5.56. The van der Waals surface area contributed by atoms with Gasteiger partial charge in [0.15, 0.2) is 5.78 Å². The summed E-state index contributed by atoms with van der Waals surface area (Å²) in [6, 6.07) is 13.4. The summed E-state index contributed by atoms with van der Waals surface area (Å²) in [6.45, 7) is 0.0793. The maximum atomic E-state index is 12.8. The first-order valence-electron chi connectivity index (χ1n) is 5.59. The van der Waals surface area contributed by atoms with Crippen LogP contribution in [0, 0.1) is 5.82 Å². The third-order valence-corrected chi connectivity index (χ3v) is 2.66. The van der Waals surface area contributed by atoms with E-state index in [4.69, 9.17) is 4.74 Å². The number of halogens is 1. The van der Waals surface area contributed by atoms with Crippen LogP contribution in [0.1, 0.15) is 10.4 Å². The minimum Gasteiger partial charge on any atom is -0.377 e. The van der Waals surface area contributed by atoms with Gasteiger partial charge in [-0.15, -0.1) is 0 Å². The molecule has 0 radical (unpaired) electrons. The summed E-state index contributed by atoms with van der Waals surface area (Å²) in [5, 5.41) is 0. The molecule has 2 nitrogen and oxygen atoms in total. The van der Waals surface area contributed by atoms with Gasteiger partial charge in [-0.2, -0.15) is 0 Å². The van der Waals surface area contributed by atoms with Crippen LogP contribution in [0.3, 0.4) is 0 Å². The molecule has 18 heavy (non-hydrogen) atoms. The predicted molar refractivity (Wildman–Crippen MR) is 68.0 cm³/mol. The summed E-state index contributed by atoms with van der Waals surface area (Å²) >= 11 is 0. The molecule has 0 aliphatic carbocycles. The lowest BCUT2D eigenvalue weighted by Crippen LogP contribution is -2.06. The summed E-state index contributed by atoms with van der Waals surface area (Å²) in [7, 11) is 1.49. The normalized spacial score (nSPS) is 10.3. The average molecular weight is 244 g/mol. The lowest BCUT2D eigenvalue weighted by molar-refractivity contribution is 0.0848. The number of ketones is 1. The van der Waals surface area contributed by atoms with E-state index in [1.165, 1.54) is 19.2 Å². The van der Waals surface area contributed by atoms with Gasteiger partial charge in [0, 0.05) is 12.7 Å². The highest BCUT2D eigenvalue weighted by molar-refractivity contribution is 5.97. The van der Waals surface area contributed by atoms with E-state index in [9.17, 15) is 9.18 Å². The van der Waals surface area contributed by atoms with Crippen molar-refractivity contribution in [3.63, 3.8) is 0 Å². The van der Waals surface area contributed by atoms with Crippen molar-refractivity contribution in [1.29, 1.82) is 0 Å². The number of carbonyl (C=O) groups excluding carboxylic acids is 1. The van der Waals surface area contributed by atoms with Crippen molar-refractivity contribution in [2.45, 2.75) is 0 Å². The largest absolute Gasteiger partial charge is 0.377 e. The van der Waals surface area contributed by atoms with Gasteiger partial charge in [0.25, 0.3) is 0 Å². The number of rotatable bonds is 4. The summed E-state index contributed by atoms with van der Waals surface area (Å²) in [4.78, 5) is 11.6. The SMILES string of the molecule is COCC(=O)c1ccc(-c2ccc(F)cc2)cc1. The van der Waals surface area contributed by atoms with E-state index in [2.05, 4.69) is 0 Å². The Morgan fingerprint density at radius 3 is 2.00 bits per heavy atom. The van der Waals surface area contributed by atoms with Gasteiger partial charge < -0.3 is 4.74 Å². The van der Waals surface area contributed by atoms with Crippen molar-refractivity contribution in [3.8, 4) is 11.1 Å². The van der Waals surface area contributed by atoms with Crippen LogP contribution in [0.25, 0.3) is 11.1 Å². The Labute approximate surface area is 105 Å². The molecule has 3 heteroatoms. The molecule has 0 spiro atoms. The Kier molecular flexibility index (Phi) is 3.85. The Morgan fingerprint density at radius 2 is 1.50 bits per heavy atom. The molecule has 2 aromatic rings. The number of hydrogen-bond acceptors (Lipinski definition) is 2. The molecule has 0 unspecified atom stereocenters. The Bertz CT molecular complexity index is 529. The highest BCUT2D eigenvalue weighted by Gasteiger charge is 2.05. The van der Waals surface area contributed by atoms with Crippen LogP contribution in [0.4, 0.5) is 4.39 Å². The molecule has 0 saturated carbocycles. The maximum Gasteiger partial charge on any atom is 0.188 e. The van der Waals surface area contributed by atoms with Crippen molar-refractivity contribution in [1.82, 2.24) is 0 Å². The zero-order chi connectivity index (χ0) is 13.0. The number of benzene rings is 2. The molecule has 2 aromatic carbocycles. The van der Waals surface area contributed by atoms with Gasteiger partial charge in [-0.25, -0.2) is 4.39 Å². The van der Waals surface area contributed by atoms with Crippen LogP contribution in [0.15, 0.2) is 48.5 Å². The third-order valence-electron chi connectivity index (χ3n) is 2.66. The van der Waals surface area contributed by atoms with E-state index in [-0.39, 0.29) is 18.2 Å². The number of ether oxygens (including phenoxy) is 1. The van der Waals surface area contributed by atoms with E-state index >= 15 is 0 Å². The average Bonchev–Trinajstić information content (AvgIpc) is 2.40. The van der Waals surface area contributed by atoms with Gasteiger partial charge in [0.1, 0.15) is 12.4 Å². The third kappa shape index (κ3) is 2.81. The van der Waals surface area contributed by atoms with Gasteiger partial charge in [-0.05, 0) is 23.3 Å². The monoisotopic (exact) mass is 244 g/mol. The van der Waals surface area contributed by atoms with Gasteiger partial charge in [0.2, 0.25) is 0 Å². The second-order valence-corrected chi connectivity index (χ2v) is 3.94. The number of hydrogen-bond donors (Lipinski definition) is 0. The molecular weight excluding hydrogens is 231 g/mol. The van der Waals surface area contributed by atoms with Gasteiger partial charge in [0.05, 0.1) is 0 Å². The standard InChI is InChI=1S/C15H13FO2/c1-18-10-15(17)13-4-2-11(3-5-13)12-6-8-14(16)9-7-12/h2-9H,10H2,1H3. The molecule has 92 valence electrons. The molecule has 0 saturated heterocycles. The molecule has 0 N–H and O–H groups in total. The van der Waals surface area contributed by atoms with E-state index < -0.39 is 0 Å². The van der Waals surface area contributed by atoms with Gasteiger partial charge >= 0.3 is 0 Å². The molecule has 0 bridgehead atoms. The zero-order valence-electron chi connectivity index (χ0n) is 10.0. The van der Waals surface area contributed by atoms with Crippen LogP contribution < -0.4 is 0 Å². The van der Waals surface area contributed by atoms with Gasteiger partial charge in [-0.1, -0.05) is 36.4 Å². The van der Waals surface area contributed by atoms with E-state index in [0.717, 1.165) is 11.1 Å². The van der Waals surface area contributed by atoms with Crippen molar-refractivity contribution in [3.05, 3.63) is 59.9 Å². The number of carbonyl (C=O) groups is 1. The van der Waals surface area contributed by atoms with Crippen molar-refractivity contribution >= 4 is 5.78 Å². The quantitative estimate of drug-likeness (QED) is 0.771. The minimum atomic E-state index is -0.259. The van der Waals surface area contributed by atoms with Crippen molar-refractivity contribution < 1.29 is 13.9 Å². The summed E-state index contributed by atoms with van der Waals surface area (Å²) in [5.74, 6) is -0.311. The zero-order valence-corrected chi connectivity index (χ0v) is 10.0. The molecule has 0 atom stereocenters. The van der Waals surface area contributed by atoms with Crippen molar-refractivity contribution in [2.75, 3.05) is 13.7 Å². The molecule has 0 amide bonds. The summed E-state index contributed by atoms with van der Waals surface area (Å²) in [5.41, 5.74) is 2.48. The fourth-order valence-electron chi connectivity index (χ4n) is 1.71. The van der Waals surface area contributed by atoms with E-state index in [1.807, 2.05) is 12.1 Å². The number of methoxy groups -OCH3 is 1. The Morgan fingerprint density at radius 1 is 1.00 bits per heavy atom. The fourth-order valence-corrected chi connectivity index (χ4v) is 1.71. The van der Waals surface area contributed by atoms with Crippen LogP contribution in [-0.2, 0) is 4.74 Å². The molecule has 0 aliphatic rings. The molecule has 0 aliphatic heterocycles. The van der Waals surface area contributed by atoms with Gasteiger partial charge in [-0.3, -0.25) is 4.79 Å². The molecular formula is C15H13FO2. The highest BCUT2D eigenvalue weighted by Crippen LogP contribution is 2.20. The second-order valence-electron chi connectivity index (χ2n) is 3.94. The van der Waals surface area contributed by atoms with E-state index in [0.29, 0.717) is 5.56 Å². The van der Waals surface area contributed by atoms with Crippen LogP contribution in [0.5, 0.6) is 0 Å². The number of Topliss-reactive ketones (excluding diaryl/α,β-unsaturated/α-hetero) is 1. The smallest absolute Gasteiger partial charge is 0.188 e. The topological polar surface area (TPSA) is 26.3 Å². The highest BCUT2D eigenvalue weighted by atomic mass is 19.1. The summed E-state index contributed by atoms with van der Waals surface area (Å²) < 4.78 is 17.6. The first-order chi connectivity index (χ1) is 8.70. The molecule has 0 heterocycles.